The van der Waals surface area contributed by atoms with Crippen LogP contribution in [0, 0.1) is 5.92 Å². The van der Waals surface area contributed by atoms with Crippen molar-refractivity contribution >= 4 is 23.2 Å². The minimum absolute atomic E-state index is 0.0179. The first-order chi connectivity index (χ1) is 12.0. The summed E-state index contributed by atoms with van der Waals surface area (Å²) in [4.78, 5) is 31.1. The Balaban J connectivity index is 1.86. The largest absolute Gasteiger partial charge is 0.357 e. The van der Waals surface area contributed by atoms with Crippen molar-refractivity contribution in [3.8, 4) is 10.7 Å². The second kappa shape index (κ2) is 7.30. The van der Waals surface area contributed by atoms with Crippen LogP contribution in [0.3, 0.4) is 0 Å². The van der Waals surface area contributed by atoms with E-state index in [0.29, 0.717) is 18.7 Å². The van der Waals surface area contributed by atoms with E-state index < -0.39 is 12.1 Å². The summed E-state index contributed by atoms with van der Waals surface area (Å²) in [5.41, 5.74) is 0.651. The number of likely N-dealkylation sites (tertiary alicyclic amines) is 1. The van der Waals surface area contributed by atoms with Crippen LogP contribution in [0.15, 0.2) is 17.8 Å². The van der Waals surface area contributed by atoms with E-state index in [1.54, 1.807) is 29.0 Å². The molecular weight excluding hydrogens is 340 g/mol. The maximum Gasteiger partial charge on any atom is 0.248 e. The normalized spacial score (nSPS) is 18.6. The molecule has 0 unspecified atom stereocenters. The molecule has 2 amide bonds. The maximum atomic E-state index is 13.2. The Bertz CT molecular complexity index is 742. The fourth-order valence-corrected chi connectivity index (χ4v) is 3.79. The Morgan fingerprint density at radius 2 is 2.20 bits per heavy atom. The molecule has 0 spiro atoms. The number of hydrogen-bond donors (Lipinski definition) is 1. The van der Waals surface area contributed by atoms with Crippen LogP contribution in [0.25, 0.3) is 10.7 Å². The molecule has 8 nitrogen and oxygen atoms in total. The molecular formula is C16H22N6O2S. The number of nitrogens with zero attached hydrogens (tertiary/aromatic N) is 5. The van der Waals surface area contributed by atoms with Gasteiger partial charge in [0.15, 0.2) is 0 Å². The van der Waals surface area contributed by atoms with E-state index in [4.69, 9.17) is 0 Å². The van der Waals surface area contributed by atoms with Gasteiger partial charge in [-0.15, -0.1) is 16.4 Å². The van der Waals surface area contributed by atoms with E-state index in [1.165, 1.54) is 11.3 Å². The van der Waals surface area contributed by atoms with Crippen LogP contribution in [0.2, 0.25) is 0 Å². The van der Waals surface area contributed by atoms with Crippen LogP contribution in [-0.4, -0.2) is 56.3 Å². The number of amides is 2. The van der Waals surface area contributed by atoms with E-state index in [9.17, 15) is 9.59 Å². The van der Waals surface area contributed by atoms with E-state index in [1.807, 2.05) is 19.2 Å². The summed E-state index contributed by atoms with van der Waals surface area (Å²) in [6.07, 6.45) is 4.99. The van der Waals surface area contributed by atoms with Gasteiger partial charge in [0.2, 0.25) is 11.8 Å². The summed E-state index contributed by atoms with van der Waals surface area (Å²) in [6, 6.07) is -0.896. The molecule has 0 aliphatic carbocycles. The molecule has 0 aromatic carbocycles. The minimum Gasteiger partial charge on any atom is -0.357 e. The van der Waals surface area contributed by atoms with E-state index in [2.05, 4.69) is 20.6 Å². The second-order valence-corrected chi connectivity index (χ2v) is 7.31. The van der Waals surface area contributed by atoms with Gasteiger partial charge in [0.1, 0.15) is 22.8 Å². The molecule has 9 heteroatoms. The van der Waals surface area contributed by atoms with Gasteiger partial charge in [0.25, 0.3) is 0 Å². The predicted octanol–water partition coefficient (Wildman–Crippen LogP) is 1.34. The average Bonchev–Trinajstić information content (AvgIpc) is 3.32. The molecule has 25 heavy (non-hydrogen) atoms. The summed E-state index contributed by atoms with van der Waals surface area (Å²) in [5.74, 6) is -0.184. The van der Waals surface area contributed by atoms with E-state index in [-0.39, 0.29) is 17.7 Å². The molecule has 2 atom stereocenters. The number of likely N-dealkylation sites (N-methyl/N-ethyl adjacent to an activating group) is 1. The summed E-state index contributed by atoms with van der Waals surface area (Å²) >= 11 is 1.48. The first kappa shape index (κ1) is 17.5. The van der Waals surface area contributed by atoms with Gasteiger partial charge in [-0.25, -0.2) is 9.67 Å². The lowest BCUT2D eigenvalue weighted by atomic mass is 10.0. The van der Waals surface area contributed by atoms with Crippen LogP contribution in [0.5, 0.6) is 0 Å². The first-order valence-corrected chi connectivity index (χ1v) is 9.24. The van der Waals surface area contributed by atoms with Crippen molar-refractivity contribution in [2.24, 2.45) is 5.92 Å². The molecule has 1 N–H and O–H groups in total. The van der Waals surface area contributed by atoms with Crippen molar-refractivity contribution in [1.29, 1.82) is 0 Å². The Kier molecular flexibility index (Phi) is 5.12. The monoisotopic (exact) mass is 362 g/mol. The summed E-state index contributed by atoms with van der Waals surface area (Å²) < 4.78 is 1.60. The van der Waals surface area contributed by atoms with Gasteiger partial charge >= 0.3 is 0 Å². The topological polar surface area (TPSA) is 93.0 Å². The van der Waals surface area contributed by atoms with Crippen LogP contribution >= 0.6 is 11.3 Å². The number of hydrogen-bond acceptors (Lipinski definition) is 6. The Labute approximate surface area is 150 Å². The van der Waals surface area contributed by atoms with Crippen LogP contribution in [0.4, 0.5) is 0 Å². The molecule has 1 saturated heterocycles. The molecule has 134 valence electrons. The molecule has 1 fully saturated rings. The van der Waals surface area contributed by atoms with Crippen molar-refractivity contribution in [1.82, 2.24) is 30.2 Å². The molecule has 0 saturated carbocycles. The maximum absolute atomic E-state index is 13.2. The molecule has 2 aromatic heterocycles. The molecule has 1 aliphatic rings. The van der Waals surface area contributed by atoms with E-state index in [0.717, 1.165) is 11.4 Å². The van der Waals surface area contributed by atoms with Crippen molar-refractivity contribution in [2.45, 2.75) is 38.8 Å². The molecule has 2 aromatic rings. The zero-order valence-corrected chi connectivity index (χ0v) is 15.4. The number of nitrogens with one attached hydrogen (secondary N) is 1. The lowest BCUT2D eigenvalue weighted by Gasteiger charge is -2.29. The number of rotatable bonds is 5. The highest BCUT2D eigenvalue weighted by Gasteiger charge is 2.38. The average molecular weight is 362 g/mol. The molecule has 1 aliphatic heterocycles. The van der Waals surface area contributed by atoms with Crippen molar-refractivity contribution in [2.75, 3.05) is 13.6 Å². The van der Waals surface area contributed by atoms with Gasteiger partial charge in [-0.1, -0.05) is 19.1 Å². The smallest absolute Gasteiger partial charge is 0.248 e. The molecule has 3 rings (SSSR count). The quantitative estimate of drug-likeness (QED) is 0.866. The van der Waals surface area contributed by atoms with Crippen LogP contribution < -0.4 is 5.32 Å². The first-order valence-electron chi connectivity index (χ1n) is 8.36. The van der Waals surface area contributed by atoms with E-state index >= 15 is 0 Å². The third kappa shape index (κ3) is 3.41. The Morgan fingerprint density at radius 3 is 2.84 bits per heavy atom. The fraction of sp³-hybridized carbons (Fsp3) is 0.562. The SMILES string of the molecule is CNC(=O)[C@@H]1CCCN1C(=O)[C@@H](C(C)C)n1cc(-c2nccs2)nn1. The lowest BCUT2D eigenvalue weighted by Crippen LogP contribution is -2.48. The van der Waals surface area contributed by atoms with Gasteiger partial charge in [-0.3, -0.25) is 9.59 Å². The number of carbonyl (C=O) groups excluding carboxylic acids is 2. The lowest BCUT2D eigenvalue weighted by molar-refractivity contribution is -0.142. The standard InChI is InChI=1S/C16H22N6O2S/c1-10(2)13(16(24)21-7-4-5-12(21)14(23)17-3)22-9-11(19-20-22)15-18-6-8-25-15/h6,8-10,12-13H,4-5,7H2,1-3H3,(H,17,23)/t12-,13+/m0/s1. The zero-order chi connectivity index (χ0) is 18.0. The van der Waals surface area contributed by atoms with Crippen molar-refractivity contribution in [3.05, 3.63) is 17.8 Å². The summed E-state index contributed by atoms with van der Waals surface area (Å²) in [7, 11) is 1.60. The number of aromatic nitrogens is 4. The summed E-state index contributed by atoms with van der Waals surface area (Å²) in [6.45, 7) is 4.53. The minimum atomic E-state index is -0.494. The van der Waals surface area contributed by atoms with Crippen LogP contribution in [-0.2, 0) is 9.59 Å². The van der Waals surface area contributed by atoms with Crippen LogP contribution in [0.1, 0.15) is 32.7 Å². The highest BCUT2D eigenvalue weighted by atomic mass is 32.1. The van der Waals surface area contributed by atoms with Gasteiger partial charge < -0.3 is 10.2 Å². The van der Waals surface area contributed by atoms with Gasteiger partial charge in [0, 0.05) is 25.2 Å². The highest BCUT2D eigenvalue weighted by molar-refractivity contribution is 7.13. The summed E-state index contributed by atoms with van der Waals surface area (Å²) in [5, 5.41) is 13.6. The third-order valence-corrected chi connectivity index (χ3v) is 5.21. The predicted molar refractivity (Wildman–Crippen MR) is 93.8 cm³/mol. The molecule has 3 heterocycles. The fourth-order valence-electron chi connectivity index (χ4n) is 3.20. The highest BCUT2D eigenvalue weighted by Crippen LogP contribution is 2.27. The number of carbonyl (C=O) groups is 2. The van der Waals surface area contributed by atoms with Gasteiger partial charge in [-0.2, -0.15) is 0 Å². The Morgan fingerprint density at radius 1 is 1.40 bits per heavy atom. The number of thiazole rings is 1. The zero-order valence-electron chi connectivity index (χ0n) is 14.5. The third-order valence-electron chi connectivity index (χ3n) is 4.42. The van der Waals surface area contributed by atoms with Crippen molar-refractivity contribution < 1.29 is 9.59 Å². The molecule has 0 radical (unpaired) electrons. The Hall–Kier alpha value is -2.29. The van der Waals surface area contributed by atoms with Gasteiger partial charge in [-0.05, 0) is 18.8 Å². The molecule has 0 bridgehead atoms. The second-order valence-electron chi connectivity index (χ2n) is 6.41. The van der Waals surface area contributed by atoms with Gasteiger partial charge in [0.05, 0.1) is 6.20 Å². The van der Waals surface area contributed by atoms with Crippen molar-refractivity contribution in [3.63, 3.8) is 0 Å².